The van der Waals surface area contributed by atoms with E-state index < -0.39 is 0 Å². The Morgan fingerprint density at radius 3 is 2.68 bits per heavy atom. The highest BCUT2D eigenvalue weighted by Crippen LogP contribution is 2.30. The Morgan fingerprint density at radius 2 is 2.00 bits per heavy atom. The molecule has 5 nitrogen and oxygen atoms in total. The van der Waals surface area contributed by atoms with Crippen LogP contribution in [0.1, 0.15) is 37.7 Å². The zero-order chi connectivity index (χ0) is 17.8. The lowest BCUT2D eigenvalue weighted by Gasteiger charge is -2.24. The maximum Gasteiger partial charge on any atom is 0.130 e. The van der Waals surface area contributed by atoms with Gasteiger partial charge in [-0.2, -0.15) is 0 Å². The third-order valence-corrected chi connectivity index (χ3v) is 4.94. The number of benzene rings is 1. The summed E-state index contributed by atoms with van der Waals surface area (Å²) in [4.78, 5) is 4.53. The molecule has 1 saturated carbocycles. The normalized spacial score (nSPS) is 16.0. The molecule has 1 heterocycles. The van der Waals surface area contributed by atoms with E-state index in [1.54, 1.807) is 7.05 Å². The van der Waals surface area contributed by atoms with Crippen molar-refractivity contribution in [1.82, 2.24) is 9.99 Å². The number of nitrogens with one attached hydrogen (secondary N) is 1. The number of anilines is 1. The number of allylic oxidation sites excluding steroid dienone is 1. The highest BCUT2D eigenvalue weighted by Gasteiger charge is 2.16. The highest BCUT2D eigenvalue weighted by atomic mass is 15.4. The van der Waals surface area contributed by atoms with Crippen LogP contribution in [0.5, 0.6) is 0 Å². The van der Waals surface area contributed by atoms with Crippen molar-refractivity contribution >= 4 is 22.3 Å². The van der Waals surface area contributed by atoms with Crippen LogP contribution >= 0.6 is 0 Å². The Kier molecular flexibility index (Phi) is 5.24. The predicted molar refractivity (Wildman–Crippen MR) is 105 cm³/mol. The Bertz CT molecular complexity index is 788. The average molecular weight is 337 g/mol. The average Bonchev–Trinajstić information content (AvgIpc) is 2.62. The summed E-state index contributed by atoms with van der Waals surface area (Å²) in [6.07, 6.45) is 9.77. The molecule has 5 heteroatoms. The number of pyridine rings is 1. The molecule has 1 aliphatic carbocycles. The summed E-state index contributed by atoms with van der Waals surface area (Å²) in [5, 5.41) is 7.10. The first-order chi connectivity index (χ1) is 12.1. The van der Waals surface area contributed by atoms with E-state index in [1.807, 2.05) is 18.3 Å². The molecule has 25 heavy (non-hydrogen) atoms. The van der Waals surface area contributed by atoms with Gasteiger partial charge in [-0.3, -0.25) is 0 Å². The molecule has 0 spiro atoms. The van der Waals surface area contributed by atoms with Crippen LogP contribution in [0.15, 0.2) is 48.9 Å². The number of rotatable bonds is 5. The number of nitrogens with zero attached hydrogens (tertiary/aromatic N) is 2. The molecule has 0 atom stereocenters. The van der Waals surface area contributed by atoms with E-state index in [0.717, 1.165) is 33.5 Å². The van der Waals surface area contributed by atoms with Gasteiger partial charge in [0.25, 0.3) is 0 Å². The first kappa shape index (κ1) is 17.3. The van der Waals surface area contributed by atoms with Crippen molar-refractivity contribution < 1.29 is 0 Å². The number of nitrogens with two attached hydrogens (primary N) is 2. The van der Waals surface area contributed by atoms with Gasteiger partial charge in [0.05, 0.1) is 5.70 Å². The molecule has 0 saturated heterocycles. The summed E-state index contributed by atoms with van der Waals surface area (Å²) in [5.74, 6) is 7.23. The van der Waals surface area contributed by atoms with E-state index in [-0.39, 0.29) is 0 Å². The molecule has 5 N–H and O–H groups in total. The summed E-state index contributed by atoms with van der Waals surface area (Å²) >= 11 is 0. The van der Waals surface area contributed by atoms with Crippen LogP contribution in [0.25, 0.3) is 16.5 Å². The number of aromatic nitrogens is 1. The number of fused-ring (bicyclic) bond motifs is 1. The topological polar surface area (TPSA) is 80.2 Å². The quantitative estimate of drug-likeness (QED) is 0.571. The lowest BCUT2D eigenvalue weighted by molar-refractivity contribution is 0.405. The molecule has 2 aromatic rings. The molecule has 0 radical (unpaired) electrons. The lowest BCUT2D eigenvalue weighted by atomic mass is 9.87. The Hall–Kier alpha value is -2.53. The van der Waals surface area contributed by atoms with Gasteiger partial charge in [0, 0.05) is 36.1 Å². The van der Waals surface area contributed by atoms with Gasteiger partial charge in [0.15, 0.2) is 0 Å². The monoisotopic (exact) mass is 337 g/mol. The minimum atomic E-state index is 0.551. The number of hydrogen-bond acceptors (Lipinski definition) is 5. The molecular formula is C20H27N5. The van der Waals surface area contributed by atoms with Gasteiger partial charge in [-0.25, -0.2) is 10.8 Å². The summed E-state index contributed by atoms with van der Waals surface area (Å²) in [6, 6.07) is 8.16. The Balaban J connectivity index is 1.84. The fraction of sp³-hybridized carbons (Fsp3) is 0.350. The number of hydrogen-bond donors (Lipinski definition) is 3. The van der Waals surface area contributed by atoms with Gasteiger partial charge < -0.3 is 16.1 Å². The van der Waals surface area contributed by atoms with Gasteiger partial charge >= 0.3 is 0 Å². The van der Waals surface area contributed by atoms with E-state index in [1.165, 1.54) is 43.3 Å². The van der Waals surface area contributed by atoms with Crippen molar-refractivity contribution in [3.05, 3.63) is 54.5 Å². The molecular weight excluding hydrogens is 310 g/mol. The van der Waals surface area contributed by atoms with Crippen LogP contribution in [0.2, 0.25) is 0 Å². The smallest absolute Gasteiger partial charge is 0.130 e. The third kappa shape index (κ3) is 3.94. The highest BCUT2D eigenvalue weighted by molar-refractivity contribution is 5.87. The van der Waals surface area contributed by atoms with Crippen molar-refractivity contribution in [1.29, 1.82) is 0 Å². The number of hydrazine groups is 1. The van der Waals surface area contributed by atoms with Gasteiger partial charge in [-0.05, 0) is 36.3 Å². The van der Waals surface area contributed by atoms with Crippen LogP contribution in [-0.4, -0.2) is 17.0 Å². The second kappa shape index (κ2) is 7.57. The molecule has 3 rings (SSSR count). The van der Waals surface area contributed by atoms with Crippen LogP contribution in [0.3, 0.4) is 0 Å². The molecule has 1 aromatic heterocycles. The molecule has 1 aromatic carbocycles. The van der Waals surface area contributed by atoms with Crippen molar-refractivity contribution in [2.75, 3.05) is 12.4 Å². The molecule has 132 valence electrons. The van der Waals surface area contributed by atoms with Crippen molar-refractivity contribution in [3.8, 4) is 0 Å². The molecule has 1 aliphatic rings. The van der Waals surface area contributed by atoms with Gasteiger partial charge in [0.2, 0.25) is 0 Å². The van der Waals surface area contributed by atoms with E-state index in [0.29, 0.717) is 5.92 Å². The Morgan fingerprint density at radius 1 is 1.24 bits per heavy atom. The molecule has 0 aliphatic heterocycles. The van der Waals surface area contributed by atoms with Crippen molar-refractivity contribution in [3.63, 3.8) is 0 Å². The molecule has 0 amide bonds. The minimum Gasteiger partial charge on any atom is -0.403 e. The first-order valence-electron chi connectivity index (χ1n) is 8.85. The minimum absolute atomic E-state index is 0.551. The Labute approximate surface area is 149 Å². The maximum atomic E-state index is 5.85. The van der Waals surface area contributed by atoms with Gasteiger partial charge in [-0.1, -0.05) is 38.0 Å². The van der Waals surface area contributed by atoms with Crippen LogP contribution in [0.4, 0.5) is 5.82 Å². The van der Waals surface area contributed by atoms with Crippen LogP contribution in [-0.2, 0) is 0 Å². The van der Waals surface area contributed by atoms with Gasteiger partial charge in [-0.15, -0.1) is 0 Å². The SMILES string of the molecule is C=C(Nc1cc2cc(/C(=C/N)N(C)N)ccc2cn1)C1CCCCC1. The fourth-order valence-corrected chi connectivity index (χ4v) is 3.50. The second-order valence-corrected chi connectivity index (χ2v) is 6.78. The van der Waals surface area contributed by atoms with E-state index in [4.69, 9.17) is 11.6 Å². The van der Waals surface area contributed by atoms with E-state index in [2.05, 4.69) is 29.0 Å². The molecule has 1 fully saturated rings. The maximum absolute atomic E-state index is 5.85. The summed E-state index contributed by atoms with van der Waals surface area (Å²) in [6.45, 7) is 4.24. The van der Waals surface area contributed by atoms with Crippen molar-refractivity contribution in [2.45, 2.75) is 32.1 Å². The lowest BCUT2D eigenvalue weighted by Crippen LogP contribution is -2.24. The predicted octanol–water partition coefficient (Wildman–Crippen LogP) is 3.80. The zero-order valence-electron chi connectivity index (χ0n) is 14.8. The fourth-order valence-electron chi connectivity index (χ4n) is 3.50. The molecule has 0 bridgehead atoms. The van der Waals surface area contributed by atoms with Crippen LogP contribution in [0, 0.1) is 5.92 Å². The molecule has 0 unspecified atom stereocenters. The zero-order valence-corrected chi connectivity index (χ0v) is 14.8. The largest absolute Gasteiger partial charge is 0.403 e. The van der Waals surface area contributed by atoms with Crippen LogP contribution < -0.4 is 16.9 Å². The first-order valence-corrected chi connectivity index (χ1v) is 8.85. The van der Waals surface area contributed by atoms with E-state index >= 15 is 0 Å². The van der Waals surface area contributed by atoms with Crippen molar-refractivity contribution in [2.24, 2.45) is 17.5 Å². The standard InChI is InChI=1S/C20H27N5/c1-14(15-6-4-3-5-7-15)24-20-11-18-10-16(19(12-21)25(2)22)8-9-17(18)13-23-20/h8-13,15H,1,3-7,21-22H2,2H3,(H,23,24)/b19-12-. The summed E-state index contributed by atoms with van der Waals surface area (Å²) < 4.78 is 0. The second-order valence-electron chi connectivity index (χ2n) is 6.78. The summed E-state index contributed by atoms with van der Waals surface area (Å²) in [5.41, 5.74) is 8.54. The van der Waals surface area contributed by atoms with Gasteiger partial charge in [0.1, 0.15) is 5.82 Å². The third-order valence-electron chi connectivity index (χ3n) is 4.94. The van der Waals surface area contributed by atoms with E-state index in [9.17, 15) is 0 Å². The summed E-state index contributed by atoms with van der Waals surface area (Å²) in [7, 11) is 1.77.